The van der Waals surface area contributed by atoms with E-state index in [0.29, 0.717) is 6.54 Å². The number of methoxy groups -OCH3 is 1. The molecular formula is C16H20N2O3S. The molecule has 6 heteroatoms. The van der Waals surface area contributed by atoms with E-state index in [1.807, 2.05) is 31.2 Å². The van der Waals surface area contributed by atoms with E-state index in [9.17, 15) is 8.42 Å². The Hall–Kier alpha value is -1.89. The van der Waals surface area contributed by atoms with Crippen molar-refractivity contribution in [3.05, 3.63) is 59.7 Å². The van der Waals surface area contributed by atoms with Crippen LogP contribution in [-0.2, 0) is 16.6 Å². The van der Waals surface area contributed by atoms with Gasteiger partial charge in [-0.3, -0.25) is 0 Å². The molecule has 1 atom stereocenters. The van der Waals surface area contributed by atoms with Crippen LogP contribution in [0.15, 0.2) is 53.4 Å². The molecule has 0 aromatic heterocycles. The van der Waals surface area contributed by atoms with E-state index >= 15 is 0 Å². The molecule has 3 N–H and O–H groups in total. The van der Waals surface area contributed by atoms with Gasteiger partial charge in [0, 0.05) is 12.6 Å². The highest BCUT2D eigenvalue weighted by Crippen LogP contribution is 2.17. The second-order valence-electron chi connectivity index (χ2n) is 5.06. The van der Waals surface area contributed by atoms with E-state index in [0.717, 1.165) is 16.9 Å². The number of nitrogens with two attached hydrogens (primary N) is 1. The fraction of sp³-hybridized carbons (Fsp3) is 0.250. The van der Waals surface area contributed by atoms with Gasteiger partial charge in [0.25, 0.3) is 0 Å². The normalized spacial score (nSPS) is 12.9. The number of ether oxygens (including phenoxy) is 1. The molecule has 2 rings (SSSR count). The van der Waals surface area contributed by atoms with E-state index in [1.165, 1.54) is 12.1 Å². The lowest BCUT2D eigenvalue weighted by Gasteiger charge is -2.15. The van der Waals surface area contributed by atoms with Crippen LogP contribution < -0.4 is 15.2 Å². The van der Waals surface area contributed by atoms with Crippen molar-refractivity contribution in [2.75, 3.05) is 7.11 Å². The predicted molar refractivity (Wildman–Crippen MR) is 86.1 cm³/mol. The summed E-state index contributed by atoms with van der Waals surface area (Å²) in [7, 11) is -2.00. The van der Waals surface area contributed by atoms with E-state index < -0.39 is 10.0 Å². The van der Waals surface area contributed by atoms with Crippen molar-refractivity contribution < 1.29 is 13.2 Å². The van der Waals surface area contributed by atoms with Crippen LogP contribution >= 0.6 is 0 Å². The summed E-state index contributed by atoms with van der Waals surface area (Å²) in [5.41, 5.74) is 2.15. The third-order valence-electron chi connectivity index (χ3n) is 3.48. The molecule has 0 fully saturated rings. The summed E-state index contributed by atoms with van der Waals surface area (Å²) in [4.78, 5) is 0.124. The number of sulfonamides is 1. The maximum absolute atomic E-state index is 11.2. The molecule has 0 aliphatic carbocycles. The molecule has 0 heterocycles. The summed E-state index contributed by atoms with van der Waals surface area (Å²) in [6, 6.07) is 14.5. The van der Waals surface area contributed by atoms with Gasteiger partial charge < -0.3 is 10.1 Å². The fourth-order valence-corrected chi connectivity index (χ4v) is 2.59. The van der Waals surface area contributed by atoms with Crippen LogP contribution in [0.25, 0.3) is 0 Å². The molecule has 0 amide bonds. The fourth-order valence-electron chi connectivity index (χ4n) is 2.08. The molecule has 0 saturated heterocycles. The van der Waals surface area contributed by atoms with Gasteiger partial charge in [-0.1, -0.05) is 24.3 Å². The van der Waals surface area contributed by atoms with Crippen molar-refractivity contribution in [3.63, 3.8) is 0 Å². The second kappa shape index (κ2) is 6.91. The van der Waals surface area contributed by atoms with Crippen molar-refractivity contribution in [3.8, 4) is 5.75 Å². The minimum Gasteiger partial charge on any atom is -0.497 e. The molecule has 5 nitrogen and oxygen atoms in total. The Balaban J connectivity index is 1.98. The Labute approximate surface area is 131 Å². The summed E-state index contributed by atoms with van der Waals surface area (Å²) in [5, 5.41) is 8.48. The third kappa shape index (κ3) is 4.30. The average molecular weight is 320 g/mol. The number of hydrogen-bond donors (Lipinski definition) is 2. The molecule has 2 aromatic carbocycles. The highest BCUT2D eigenvalue weighted by atomic mass is 32.2. The van der Waals surface area contributed by atoms with Gasteiger partial charge in [-0.05, 0) is 42.3 Å². The maximum Gasteiger partial charge on any atom is 0.238 e. The van der Waals surface area contributed by atoms with Crippen LogP contribution in [0.3, 0.4) is 0 Å². The smallest absolute Gasteiger partial charge is 0.238 e. The first-order chi connectivity index (χ1) is 10.4. The largest absolute Gasteiger partial charge is 0.497 e. The Morgan fingerprint density at radius 2 is 1.68 bits per heavy atom. The number of primary sulfonamides is 1. The second-order valence-corrected chi connectivity index (χ2v) is 6.63. The van der Waals surface area contributed by atoms with Gasteiger partial charge in [0.15, 0.2) is 0 Å². The van der Waals surface area contributed by atoms with Gasteiger partial charge in [0.05, 0.1) is 12.0 Å². The zero-order valence-corrected chi connectivity index (χ0v) is 13.4. The van der Waals surface area contributed by atoms with Crippen LogP contribution in [0.4, 0.5) is 0 Å². The van der Waals surface area contributed by atoms with Crippen molar-refractivity contribution in [1.82, 2.24) is 5.32 Å². The molecule has 0 bridgehead atoms. The predicted octanol–water partition coefficient (Wildman–Crippen LogP) is 2.19. The van der Waals surface area contributed by atoms with Gasteiger partial charge in [0.2, 0.25) is 10.0 Å². The minimum atomic E-state index is -3.64. The molecule has 2 aromatic rings. The molecule has 0 unspecified atom stereocenters. The molecule has 0 aliphatic heterocycles. The van der Waals surface area contributed by atoms with Crippen molar-refractivity contribution in [2.45, 2.75) is 24.4 Å². The average Bonchev–Trinajstić information content (AvgIpc) is 2.52. The van der Waals surface area contributed by atoms with Gasteiger partial charge in [-0.25, -0.2) is 13.6 Å². The molecule has 22 heavy (non-hydrogen) atoms. The monoisotopic (exact) mass is 320 g/mol. The number of rotatable bonds is 6. The van der Waals surface area contributed by atoms with Crippen LogP contribution in [0.5, 0.6) is 5.75 Å². The van der Waals surface area contributed by atoms with Gasteiger partial charge in [0.1, 0.15) is 5.75 Å². The Morgan fingerprint density at radius 1 is 1.09 bits per heavy atom. The SMILES string of the molecule is COc1ccc(CN[C@@H](C)c2ccc(S(N)(=O)=O)cc2)cc1. The van der Waals surface area contributed by atoms with E-state index in [-0.39, 0.29) is 10.9 Å². The van der Waals surface area contributed by atoms with E-state index in [4.69, 9.17) is 9.88 Å². The zero-order valence-electron chi connectivity index (χ0n) is 12.6. The highest BCUT2D eigenvalue weighted by Gasteiger charge is 2.09. The quantitative estimate of drug-likeness (QED) is 0.855. The van der Waals surface area contributed by atoms with Crippen LogP contribution in [0.2, 0.25) is 0 Å². The first kappa shape index (κ1) is 16.5. The number of nitrogens with one attached hydrogen (secondary N) is 1. The summed E-state index contributed by atoms with van der Waals surface area (Å²) in [6.45, 7) is 2.73. The molecule has 0 aliphatic rings. The summed E-state index contributed by atoms with van der Waals surface area (Å²) < 4.78 is 27.6. The molecule has 0 saturated carbocycles. The van der Waals surface area contributed by atoms with Gasteiger partial charge >= 0.3 is 0 Å². The zero-order chi connectivity index (χ0) is 16.2. The van der Waals surface area contributed by atoms with Crippen molar-refractivity contribution in [2.24, 2.45) is 5.14 Å². The Kier molecular flexibility index (Phi) is 5.18. The topological polar surface area (TPSA) is 81.4 Å². The Morgan fingerprint density at radius 3 is 2.18 bits per heavy atom. The lowest BCUT2D eigenvalue weighted by molar-refractivity contribution is 0.414. The van der Waals surface area contributed by atoms with Crippen molar-refractivity contribution in [1.29, 1.82) is 0 Å². The van der Waals surface area contributed by atoms with E-state index in [1.54, 1.807) is 19.2 Å². The standard InChI is InChI=1S/C16H20N2O3S/c1-12(14-5-9-16(10-6-14)22(17,19)20)18-11-13-3-7-15(21-2)8-4-13/h3-10,12,18H,11H2,1-2H3,(H2,17,19,20)/t12-/m0/s1. The third-order valence-corrected chi connectivity index (χ3v) is 4.41. The lowest BCUT2D eigenvalue weighted by Crippen LogP contribution is -2.18. The van der Waals surface area contributed by atoms with Crippen LogP contribution in [0.1, 0.15) is 24.1 Å². The number of benzene rings is 2. The summed E-state index contributed by atoms with van der Waals surface area (Å²) in [6.07, 6.45) is 0. The van der Waals surface area contributed by atoms with Gasteiger partial charge in [-0.2, -0.15) is 0 Å². The summed E-state index contributed by atoms with van der Waals surface area (Å²) >= 11 is 0. The lowest BCUT2D eigenvalue weighted by atomic mass is 10.1. The maximum atomic E-state index is 11.2. The van der Waals surface area contributed by atoms with Crippen LogP contribution in [0, 0.1) is 0 Å². The first-order valence-electron chi connectivity index (χ1n) is 6.89. The molecule has 0 spiro atoms. The molecule has 0 radical (unpaired) electrons. The molecular weight excluding hydrogens is 300 g/mol. The van der Waals surface area contributed by atoms with E-state index in [2.05, 4.69) is 5.32 Å². The number of hydrogen-bond acceptors (Lipinski definition) is 4. The molecule has 118 valence electrons. The minimum absolute atomic E-state index is 0.0941. The van der Waals surface area contributed by atoms with Crippen LogP contribution in [-0.4, -0.2) is 15.5 Å². The summed E-state index contributed by atoms with van der Waals surface area (Å²) in [5.74, 6) is 0.829. The Bertz CT molecular complexity index is 710. The van der Waals surface area contributed by atoms with Crippen molar-refractivity contribution >= 4 is 10.0 Å². The van der Waals surface area contributed by atoms with Gasteiger partial charge in [-0.15, -0.1) is 0 Å². The highest BCUT2D eigenvalue weighted by molar-refractivity contribution is 7.89. The first-order valence-corrected chi connectivity index (χ1v) is 8.44.